The van der Waals surface area contributed by atoms with Gasteiger partial charge in [-0.1, -0.05) is 19.3 Å². The van der Waals surface area contributed by atoms with Crippen LogP contribution in [0.4, 0.5) is 0 Å². The van der Waals surface area contributed by atoms with Gasteiger partial charge in [0.25, 0.3) is 0 Å². The number of nitrogens with zero attached hydrogens (tertiary/aromatic N) is 1. The third-order valence-corrected chi connectivity index (χ3v) is 2.97. The van der Waals surface area contributed by atoms with Gasteiger partial charge in [-0.05, 0) is 25.8 Å². The van der Waals surface area contributed by atoms with Gasteiger partial charge in [0.1, 0.15) is 0 Å². The average molecular weight is 185 g/mol. The molecule has 0 bridgehead atoms. The molecule has 2 heteroatoms. The van der Waals surface area contributed by atoms with E-state index in [-0.39, 0.29) is 0 Å². The van der Waals surface area contributed by atoms with Crippen LogP contribution >= 0.6 is 0 Å². The highest BCUT2D eigenvalue weighted by atomic mass is 16.5. The number of likely N-dealkylation sites (N-methyl/N-ethyl adjacent to an activating group) is 1. The molecule has 2 nitrogen and oxygen atoms in total. The molecule has 0 atom stereocenters. The molecule has 78 valence electrons. The van der Waals surface area contributed by atoms with Crippen molar-refractivity contribution in [2.45, 2.75) is 32.1 Å². The summed E-state index contributed by atoms with van der Waals surface area (Å²) >= 11 is 0. The lowest BCUT2D eigenvalue weighted by Gasteiger charge is -2.26. The topological polar surface area (TPSA) is 12.5 Å². The highest BCUT2D eigenvalue weighted by molar-refractivity contribution is 4.68. The van der Waals surface area contributed by atoms with Gasteiger partial charge in [-0.25, -0.2) is 0 Å². The predicted octanol–water partition coefficient (Wildman–Crippen LogP) is 2.14. The first-order chi connectivity index (χ1) is 6.33. The van der Waals surface area contributed by atoms with Crippen molar-refractivity contribution in [1.82, 2.24) is 4.90 Å². The Morgan fingerprint density at radius 1 is 1.23 bits per heavy atom. The molecule has 1 aliphatic rings. The summed E-state index contributed by atoms with van der Waals surface area (Å²) in [6.45, 7) is 3.21. The fraction of sp³-hybridized carbons (Fsp3) is 1.00. The molecule has 0 N–H and O–H groups in total. The van der Waals surface area contributed by atoms with E-state index >= 15 is 0 Å². The van der Waals surface area contributed by atoms with Gasteiger partial charge >= 0.3 is 0 Å². The molecular weight excluding hydrogens is 162 g/mol. The van der Waals surface area contributed by atoms with Gasteiger partial charge in [0.05, 0.1) is 6.61 Å². The monoisotopic (exact) mass is 185 g/mol. The SMILES string of the molecule is COCCN(C)CC1CCCCC1. The van der Waals surface area contributed by atoms with Crippen molar-refractivity contribution >= 4 is 0 Å². The molecule has 0 spiro atoms. The first-order valence-corrected chi connectivity index (χ1v) is 5.50. The van der Waals surface area contributed by atoms with Crippen LogP contribution in [0.15, 0.2) is 0 Å². The van der Waals surface area contributed by atoms with Crippen molar-refractivity contribution in [2.75, 3.05) is 33.9 Å². The molecule has 1 aliphatic carbocycles. The van der Waals surface area contributed by atoms with Crippen LogP contribution in [0.3, 0.4) is 0 Å². The standard InChI is InChI=1S/C11H23NO/c1-12(8-9-13-2)10-11-6-4-3-5-7-11/h11H,3-10H2,1-2H3. The van der Waals surface area contributed by atoms with Crippen molar-refractivity contribution in [3.63, 3.8) is 0 Å². The van der Waals surface area contributed by atoms with E-state index in [1.54, 1.807) is 7.11 Å². The molecule has 1 fully saturated rings. The van der Waals surface area contributed by atoms with Crippen molar-refractivity contribution < 1.29 is 4.74 Å². The number of ether oxygens (including phenoxy) is 1. The molecule has 0 aliphatic heterocycles. The molecule has 0 aromatic heterocycles. The number of methoxy groups -OCH3 is 1. The van der Waals surface area contributed by atoms with E-state index < -0.39 is 0 Å². The summed E-state index contributed by atoms with van der Waals surface area (Å²) in [5.74, 6) is 0.954. The molecular formula is C11H23NO. The Labute approximate surface area is 82.3 Å². The largest absolute Gasteiger partial charge is 0.383 e. The molecule has 13 heavy (non-hydrogen) atoms. The normalized spacial score (nSPS) is 19.6. The second kappa shape index (κ2) is 6.39. The van der Waals surface area contributed by atoms with Crippen molar-refractivity contribution in [3.05, 3.63) is 0 Å². The maximum Gasteiger partial charge on any atom is 0.0589 e. The molecule has 1 saturated carbocycles. The van der Waals surface area contributed by atoms with Gasteiger partial charge in [0, 0.05) is 20.2 Å². The van der Waals surface area contributed by atoms with E-state index in [1.165, 1.54) is 38.6 Å². The van der Waals surface area contributed by atoms with E-state index in [1.807, 2.05) is 0 Å². The predicted molar refractivity (Wildman–Crippen MR) is 55.9 cm³/mol. The second-order valence-corrected chi connectivity index (χ2v) is 4.26. The third kappa shape index (κ3) is 4.63. The van der Waals surface area contributed by atoms with E-state index in [4.69, 9.17) is 4.74 Å². The summed E-state index contributed by atoms with van der Waals surface area (Å²) in [6.07, 6.45) is 7.23. The van der Waals surface area contributed by atoms with Crippen molar-refractivity contribution in [3.8, 4) is 0 Å². The van der Waals surface area contributed by atoms with Gasteiger partial charge < -0.3 is 9.64 Å². The van der Waals surface area contributed by atoms with E-state index in [2.05, 4.69) is 11.9 Å². The first kappa shape index (κ1) is 11.0. The quantitative estimate of drug-likeness (QED) is 0.650. The number of rotatable bonds is 5. The molecule has 0 aromatic carbocycles. The van der Waals surface area contributed by atoms with Gasteiger partial charge in [-0.2, -0.15) is 0 Å². The summed E-state index contributed by atoms with van der Waals surface area (Å²) < 4.78 is 5.06. The Bertz CT molecular complexity index is 121. The highest BCUT2D eigenvalue weighted by Crippen LogP contribution is 2.23. The summed E-state index contributed by atoms with van der Waals surface area (Å²) in [6, 6.07) is 0. The van der Waals surface area contributed by atoms with Gasteiger partial charge in [0.15, 0.2) is 0 Å². The molecule has 0 radical (unpaired) electrons. The maximum atomic E-state index is 5.06. The second-order valence-electron chi connectivity index (χ2n) is 4.26. The van der Waals surface area contributed by atoms with Crippen LogP contribution in [0.5, 0.6) is 0 Å². The van der Waals surface area contributed by atoms with E-state index in [0.717, 1.165) is 19.1 Å². The smallest absolute Gasteiger partial charge is 0.0589 e. The number of hydrogen-bond donors (Lipinski definition) is 0. The zero-order chi connectivity index (χ0) is 9.52. The van der Waals surface area contributed by atoms with Gasteiger partial charge in [0.2, 0.25) is 0 Å². The molecule has 0 aromatic rings. The third-order valence-electron chi connectivity index (χ3n) is 2.97. The van der Waals surface area contributed by atoms with Crippen LogP contribution in [-0.2, 0) is 4.74 Å². The van der Waals surface area contributed by atoms with Crippen LogP contribution in [0.1, 0.15) is 32.1 Å². The maximum absolute atomic E-state index is 5.06. The fourth-order valence-electron chi connectivity index (χ4n) is 2.15. The molecule has 0 unspecified atom stereocenters. The zero-order valence-corrected chi connectivity index (χ0v) is 9.09. The van der Waals surface area contributed by atoms with Crippen LogP contribution in [0, 0.1) is 5.92 Å². The minimum absolute atomic E-state index is 0.864. The van der Waals surface area contributed by atoms with E-state index in [9.17, 15) is 0 Å². The van der Waals surface area contributed by atoms with Crippen LogP contribution in [0.25, 0.3) is 0 Å². The summed E-state index contributed by atoms with van der Waals surface area (Å²) in [4.78, 5) is 2.40. The number of hydrogen-bond acceptors (Lipinski definition) is 2. The van der Waals surface area contributed by atoms with E-state index in [0.29, 0.717) is 0 Å². The Kier molecular flexibility index (Phi) is 5.40. The van der Waals surface area contributed by atoms with Gasteiger partial charge in [-0.3, -0.25) is 0 Å². The average Bonchev–Trinajstić information content (AvgIpc) is 2.16. The Morgan fingerprint density at radius 2 is 1.92 bits per heavy atom. The highest BCUT2D eigenvalue weighted by Gasteiger charge is 2.14. The zero-order valence-electron chi connectivity index (χ0n) is 9.09. The fourth-order valence-corrected chi connectivity index (χ4v) is 2.15. The lowest BCUT2D eigenvalue weighted by atomic mass is 9.89. The molecule has 0 heterocycles. The Balaban J connectivity index is 2.07. The van der Waals surface area contributed by atoms with Gasteiger partial charge in [-0.15, -0.1) is 0 Å². The van der Waals surface area contributed by atoms with Crippen LogP contribution in [-0.4, -0.2) is 38.8 Å². The summed E-state index contributed by atoms with van der Waals surface area (Å²) in [7, 11) is 3.97. The molecule has 1 rings (SSSR count). The van der Waals surface area contributed by atoms with Crippen LogP contribution in [0.2, 0.25) is 0 Å². The Hall–Kier alpha value is -0.0800. The summed E-state index contributed by atoms with van der Waals surface area (Å²) in [5.41, 5.74) is 0. The van der Waals surface area contributed by atoms with Crippen molar-refractivity contribution in [1.29, 1.82) is 0 Å². The molecule has 0 amide bonds. The Morgan fingerprint density at radius 3 is 2.54 bits per heavy atom. The summed E-state index contributed by atoms with van der Waals surface area (Å²) in [5, 5.41) is 0. The first-order valence-electron chi connectivity index (χ1n) is 5.50. The lowest BCUT2D eigenvalue weighted by Crippen LogP contribution is -2.29. The minimum Gasteiger partial charge on any atom is -0.383 e. The molecule has 0 saturated heterocycles. The lowest BCUT2D eigenvalue weighted by molar-refractivity contribution is 0.145. The van der Waals surface area contributed by atoms with Crippen LogP contribution < -0.4 is 0 Å². The minimum atomic E-state index is 0.864. The van der Waals surface area contributed by atoms with Crippen molar-refractivity contribution in [2.24, 2.45) is 5.92 Å².